The molecule has 0 atom stereocenters. The third-order valence-corrected chi connectivity index (χ3v) is 1.59. The molecule has 10 heavy (non-hydrogen) atoms. The van der Waals surface area contributed by atoms with E-state index in [4.69, 9.17) is 17.3 Å². The zero-order valence-electron chi connectivity index (χ0n) is 5.34. The fraction of sp³-hybridized carbons (Fsp3) is 0. The third-order valence-electron chi connectivity index (χ3n) is 1.15. The van der Waals surface area contributed by atoms with Crippen molar-refractivity contribution in [1.82, 2.24) is 4.98 Å². The molecule has 0 aliphatic rings. The second-order valence-electron chi connectivity index (χ2n) is 1.84. The highest BCUT2D eigenvalue weighted by molar-refractivity contribution is 6.34. The Morgan fingerprint density at radius 1 is 1.60 bits per heavy atom. The minimum atomic E-state index is 0.485. The molecule has 0 amide bonds. The molecule has 0 aliphatic heterocycles. The minimum Gasteiger partial charge on any atom is -0.396 e. The largest absolute Gasteiger partial charge is 0.396 e. The van der Waals surface area contributed by atoms with E-state index >= 15 is 0 Å². The number of hydrogen-bond acceptors (Lipinski definition) is 2. The van der Waals surface area contributed by atoms with Gasteiger partial charge < -0.3 is 5.73 Å². The van der Waals surface area contributed by atoms with Gasteiger partial charge in [-0.3, -0.25) is 4.98 Å². The van der Waals surface area contributed by atoms with Gasteiger partial charge >= 0.3 is 0 Å². The first-order valence-corrected chi connectivity index (χ1v) is 3.15. The number of nitrogens with two attached hydrogens (primary N) is 1. The van der Waals surface area contributed by atoms with Crippen molar-refractivity contribution in [2.24, 2.45) is 0 Å². The van der Waals surface area contributed by atoms with Gasteiger partial charge in [-0.25, -0.2) is 0 Å². The van der Waals surface area contributed by atoms with Gasteiger partial charge in [-0.2, -0.15) is 0 Å². The van der Waals surface area contributed by atoms with Crippen molar-refractivity contribution in [3.63, 3.8) is 0 Å². The van der Waals surface area contributed by atoms with Gasteiger partial charge in [0.1, 0.15) is 0 Å². The highest BCUT2D eigenvalue weighted by atomic mass is 35.5. The van der Waals surface area contributed by atoms with E-state index in [1.807, 2.05) is 0 Å². The molecule has 2 N–H and O–H groups in total. The van der Waals surface area contributed by atoms with E-state index in [0.717, 1.165) is 5.56 Å². The fourth-order valence-electron chi connectivity index (χ4n) is 0.620. The van der Waals surface area contributed by atoms with Crippen molar-refractivity contribution in [3.05, 3.63) is 29.6 Å². The van der Waals surface area contributed by atoms with Crippen molar-refractivity contribution in [2.75, 3.05) is 5.73 Å². The smallest absolute Gasteiger partial charge is 0.0738 e. The molecule has 1 heterocycles. The van der Waals surface area contributed by atoms with Crippen LogP contribution in [0.2, 0.25) is 5.02 Å². The molecule has 1 aromatic heterocycles. The Morgan fingerprint density at radius 3 is 2.80 bits per heavy atom. The molecular weight excluding hydrogens is 148 g/mol. The van der Waals surface area contributed by atoms with E-state index in [9.17, 15) is 0 Å². The highest BCUT2D eigenvalue weighted by Crippen LogP contribution is 2.21. The summed E-state index contributed by atoms with van der Waals surface area (Å²) in [4.78, 5) is 3.84. The van der Waals surface area contributed by atoms with Crippen LogP contribution in [-0.2, 0) is 0 Å². The average molecular weight is 155 g/mol. The van der Waals surface area contributed by atoms with Gasteiger partial charge in [0.25, 0.3) is 0 Å². The Bertz CT molecular complexity index is 258. The molecule has 3 heteroatoms. The molecule has 0 fully saturated rings. The summed E-state index contributed by atoms with van der Waals surface area (Å²) in [6.45, 7) is 3.55. The van der Waals surface area contributed by atoms with Crippen molar-refractivity contribution < 1.29 is 0 Å². The normalized spacial score (nSPS) is 9.30. The molecule has 0 radical (unpaired) electrons. The zero-order chi connectivity index (χ0) is 7.56. The lowest BCUT2D eigenvalue weighted by Gasteiger charge is -1.98. The Morgan fingerprint density at radius 2 is 2.30 bits per heavy atom. The number of hydrogen-bond donors (Lipinski definition) is 1. The lowest BCUT2D eigenvalue weighted by Crippen LogP contribution is -1.89. The Labute approximate surface area is 64.3 Å². The van der Waals surface area contributed by atoms with Crippen molar-refractivity contribution >= 4 is 23.4 Å². The topological polar surface area (TPSA) is 38.9 Å². The molecule has 0 spiro atoms. The Balaban J connectivity index is 3.27. The number of nitrogen functional groups attached to an aromatic ring is 1. The summed E-state index contributed by atoms with van der Waals surface area (Å²) in [5.41, 5.74) is 6.70. The van der Waals surface area contributed by atoms with Crippen LogP contribution < -0.4 is 5.73 Å². The standard InChI is InChI=1S/C7H7ClN2/c1-2-5-3-10-4-6(9)7(5)8/h2-4H,1,9H2. The molecule has 1 aromatic rings. The first kappa shape index (κ1) is 7.09. The predicted molar refractivity (Wildman–Crippen MR) is 43.8 cm³/mol. The summed E-state index contributed by atoms with van der Waals surface area (Å²) in [5.74, 6) is 0. The molecule has 1 rings (SSSR count). The molecular formula is C7H7ClN2. The van der Waals surface area contributed by atoms with E-state index in [-0.39, 0.29) is 0 Å². The maximum Gasteiger partial charge on any atom is 0.0738 e. The highest BCUT2D eigenvalue weighted by Gasteiger charge is 1.98. The molecule has 0 unspecified atom stereocenters. The van der Waals surface area contributed by atoms with Gasteiger partial charge in [-0.15, -0.1) is 0 Å². The predicted octanol–water partition coefficient (Wildman–Crippen LogP) is 1.96. The minimum absolute atomic E-state index is 0.485. The van der Waals surface area contributed by atoms with E-state index < -0.39 is 0 Å². The van der Waals surface area contributed by atoms with Gasteiger partial charge in [0, 0.05) is 11.8 Å². The summed E-state index contributed by atoms with van der Waals surface area (Å²) < 4.78 is 0. The SMILES string of the molecule is C=Cc1cncc(N)c1Cl. The van der Waals surface area contributed by atoms with Gasteiger partial charge in [0.05, 0.1) is 16.9 Å². The van der Waals surface area contributed by atoms with Crippen LogP contribution in [0.3, 0.4) is 0 Å². The van der Waals surface area contributed by atoms with Crippen LogP contribution in [0.5, 0.6) is 0 Å². The van der Waals surface area contributed by atoms with Crippen molar-refractivity contribution in [2.45, 2.75) is 0 Å². The molecule has 2 nitrogen and oxygen atoms in total. The molecule has 0 aliphatic carbocycles. The summed E-state index contributed by atoms with van der Waals surface area (Å²) in [6.07, 6.45) is 4.74. The summed E-state index contributed by atoms with van der Waals surface area (Å²) in [7, 11) is 0. The molecule has 0 saturated carbocycles. The summed E-state index contributed by atoms with van der Waals surface area (Å²) in [6, 6.07) is 0. The lowest BCUT2D eigenvalue weighted by molar-refractivity contribution is 1.32. The number of rotatable bonds is 1. The van der Waals surface area contributed by atoms with E-state index in [0.29, 0.717) is 10.7 Å². The van der Waals surface area contributed by atoms with Crippen LogP contribution in [0, 0.1) is 0 Å². The van der Waals surface area contributed by atoms with Crippen LogP contribution in [0.15, 0.2) is 19.0 Å². The van der Waals surface area contributed by atoms with Crippen molar-refractivity contribution in [3.8, 4) is 0 Å². The van der Waals surface area contributed by atoms with Crippen molar-refractivity contribution in [1.29, 1.82) is 0 Å². The lowest BCUT2D eigenvalue weighted by atomic mass is 10.2. The maximum atomic E-state index is 5.76. The Kier molecular flexibility index (Phi) is 1.92. The first-order valence-electron chi connectivity index (χ1n) is 2.77. The fourth-order valence-corrected chi connectivity index (χ4v) is 0.795. The van der Waals surface area contributed by atoms with Gasteiger partial charge in [0.15, 0.2) is 0 Å². The van der Waals surface area contributed by atoms with Crippen LogP contribution in [0.25, 0.3) is 6.08 Å². The van der Waals surface area contributed by atoms with E-state index in [2.05, 4.69) is 11.6 Å². The molecule has 52 valence electrons. The summed E-state index contributed by atoms with van der Waals surface area (Å²) >= 11 is 5.76. The van der Waals surface area contributed by atoms with E-state index in [1.165, 1.54) is 6.20 Å². The second kappa shape index (κ2) is 2.71. The number of nitrogens with zero attached hydrogens (tertiary/aromatic N) is 1. The number of pyridine rings is 1. The summed E-state index contributed by atoms with van der Waals surface area (Å²) in [5, 5.41) is 0.519. The monoisotopic (exact) mass is 154 g/mol. The first-order chi connectivity index (χ1) is 4.75. The molecule has 0 aromatic carbocycles. The Hall–Kier alpha value is -1.02. The zero-order valence-corrected chi connectivity index (χ0v) is 6.10. The number of aromatic nitrogens is 1. The number of anilines is 1. The van der Waals surface area contributed by atoms with Crippen LogP contribution in [0.4, 0.5) is 5.69 Å². The quantitative estimate of drug-likeness (QED) is 0.672. The maximum absolute atomic E-state index is 5.76. The number of halogens is 1. The van der Waals surface area contributed by atoms with Gasteiger partial charge in [0.2, 0.25) is 0 Å². The van der Waals surface area contributed by atoms with E-state index in [1.54, 1.807) is 12.3 Å². The van der Waals surface area contributed by atoms with Gasteiger partial charge in [-0.05, 0) is 0 Å². The molecule has 0 saturated heterocycles. The average Bonchev–Trinajstić information content (AvgIpc) is 1.95. The van der Waals surface area contributed by atoms with Crippen LogP contribution in [0.1, 0.15) is 5.56 Å². The van der Waals surface area contributed by atoms with Gasteiger partial charge in [-0.1, -0.05) is 24.3 Å². The van der Waals surface area contributed by atoms with Crippen LogP contribution in [-0.4, -0.2) is 4.98 Å². The van der Waals surface area contributed by atoms with Crippen LogP contribution >= 0.6 is 11.6 Å². The second-order valence-corrected chi connectivity index (χ2v) is 2.21. The molecule has 0 bridgehead atoms. The third kappa shape index (κ3) is 1.11.